The molecule has 1 aliphatic heterocycles. The minimum atomic E-state index is 0.467. The zero-order valence-corrected chi connectivity index (χ0v) is 10.7. The molecule has 0 aliphatic carbocycles. The maximum absolute atomic E-state index is 5.57. The summed E-state index contributed by atoms with van der Waals surface area (Å²) in [6.45, 7) is 5.22. The van der Waals surface area contributed by atoms with Crippen molar-refractivity contribution in [1.82, 2.24) is 5.32 Å². The summed E-state index contributed by atoms with van der Waals surface area (Å²) >= 11 is 0. The summed E-state index contributed by atoms with van der Waals surface area (Å²) in [5.41, 5.74) is 2.80. The molecule has 94 valence electrons. The molecule has 0 bridgehead atoms. The summed E-state index contributed by atoms with van der Waals surface area (Å²) in [5, 5.41) is 3.49. The zero-order chi connectivity index (χ0) is 11.9. The Morgan fingerprint density at radius 2 is 2.35 bits per heavy atom. The van der Waals surface area contributed by atoms with Crippen molar-refractivity contribution in [1.29, 1.82) is 0 Å². The zero-order valence-electron chi connectivity index (χ0n) is 10.7. The minimum absolute atomic E-state index is 0.467. The predicted molar refractivity (Wildman–Crippen MR) is 71.3 cm³/mol. The van der Waals surface area contributed by atoms with E-state index in [4.69, 9.17) is 4.74 Å². The Hall–Kier alpha value is -0.860. The summed E-state index contributed by atoms with van der Waals surface area (Å²) in [6.07, 6.45) is 5.30. The first-order valence-corrected chi connectivity index (χ1v) is 6.72. The van der Waals surface area contributed by atoms with E-state index in [1.807, 2.05) is 0 Å². The van der Waals surface area contributed by atoms with Crippen LogP contribution in [0.15, 0.2) is 24.3 Å². The molecule has 1 saturated heterocycles. The van der Waals surface area contributed by atoms with E-state index in [1.165, 1.54) is 36.8 Å². The number of ether oxygens (including phenoxy) is 1. The maximum Gasteiger partial charge on any atom is 0.0700 e. The molecule has 1 atom stereocenters. The predicted octanol–water partition coefficient (Wildman–Crippen LogP) is 2.70. The third-order valence-corrected chi connectivity index (χ3v) is 3.30. The first-order chi connectivity index (χ1) is 8.34. The van der Waals surface area contributed by atoms with E-state index in [0.717, 1.165) is 19.7 Å². The van der Waals surface area contributed by atoms with Gasteiger partial charge in [0.05, 0.1) is 6.10 Å². The monoisotopic (exact) mass is 233 g/mol. The Balaban J connectivity index is 1.56. The molecule has 0 spiro atoms. The highest BCUT2D eigenvalue weighted by Gasteiger charge is 2.13. The maximum atomic E-state index is 5.57. The van der Waals surface area contributed by atoms with Gasteiger partial charge in [-0.3, -0.25) is 0 Å². The van der Waals surface area contributed by atoms with Gasteiger partial charge < -0.3 is 10.1 Å². The van der Waals surface area contributed by atoms with Gasteiger partial charge in [-0.2, -0.15) is 0 Å². The molecule has 1 aromatic rings. The van der Waals surface area contributed by atoms with Gasteiger partial charge in [0, 0.05) is 13.2 Å². The lowest BCUT2D eigenvalue weighted by atomic mass is 10.1. The van der Waals surface area contributed by atoms with E-state index >= 15 is 0 Å². The van der Waals surface area contributed by atoms with Gasteiger partial charge in [0.25, 0.3) is 0 Å². The quantitative estimate of drug-likeness (QED) is 0.763. The fourth-order valence-electron chi connectivity index (χ4n) is 2.35. The van der Waals surface area contributed by atoms with Crippen LogP contribution < -0.4 is 5.32 Å². The fraction of sp³-hybridized carbons (Fsp3) is 0.600. The largest absolute Gasteiger partial charge is 0.377 e. The average Bonchev–Trinajstić information content (AvgIpc) is 2.82. The Morgan fingerprint density at radius 1 is 1.41 bits per heavy atom. The second-order valence-corrected chi connectivity index (χ2v) is 4.93. The molecule has 2 rings (SSSR count). The Labute approximate surface area is 104 Å². The van der Waals surface area contributed by atoms with Crippen LogP contribution >= 0.6 is 0 Å². The number of benzene rings is 1. The summed E-state index contributed by atoms with van der Waals surface area (Å²) in [7, 11) is 0. The van der Waals surface area contributed by atoms with Crippen LogP contribution in [0.4, 0.5) is 0 Å². The van der Waals surface area contributed by atoms with Gasteiger partial charge in [-0.15, -0.1) is 0 Å². The van der Waals surface area contributed by atoms with Crippen molar-refractivity contribution in [3.63, 3.8) is 0 Å². The molecule has 0 saturated carbocycles. The van der Waals surface area contributed by atoms with Gasteiger partial charge in [0.1, 0.15) is 0 Å². The number of aryl methyl sites for hydroxylation is 2. The Morgan fingerprint density at radius 3 is 3.12 bits per heavy atom. The standard InChI is InChI=1S/C15H23NO/c1-13-5-2-6-14(11-13)7-3-9-16-12-15-8-4-10-17-15/h2,5-6,11,15-16H,3-4,7-10,12H2,1H3. The number of nitrogens with one attached hydrogen (secondary N) is 1. The number of hydrogen-bond acceptors (Lipinski definition) is 2. The summed E-state index contributed by atoms with van der Waals surface area (Å²) in [5.74, 6) is 0. The van der Waals surface area contributed by atoms with Gasteiger partial charge in [-0.25, -0.2) is 0 Å². The highest BCUT2D eigenvalue weighted by molar-refractivity contribution is 5.22. The highest BCUT2D eigenvalue weighted by atomic mass is 16.5. The second kappa shape index (κ2) is 6.77. The molecule has 1 heterocycles. The van der Waals surface area contributed by atoms with Crippen molar-refractivity contribution < 1.29 is 4.74 Å². The van der Waals surface area contributed by atoms with E-state index < -0.39 is 0 Å². The molecule has 2 nitrogen and oxygen atoms in total. The van der Waals surface area contributed by atoms with Crippen LogP contribution in [0.25, 0.3) is 0 Å². The van der Waals surface area contributed by atoms with Crippen molar-refractivity contribution in [2.75, 3.05) is 19.7 Å². The van der Waals surface area contributed by atoms with Crippen LogP contribution in [0.1, 0.15) is 30.4 Å². The molecule has 0 aromatic heterocycles. The third kappa shape index (κ3) is 4.49. The van der Waals surface area contributed by atoms with Gasteiger partial charge in [0.15, 0.2) is 0 Å². The van der Waals surface area contributed by atoms with Gasteiger partial charge in [-0.05, 0) is 44.7 Å². The highest BCUT2D eigenvalue weighted by Crippen LogP contribution is 2.10. The van der Waals surface area contributed by atoms with E-state index in [1.54, 1.807) is 0 Å². The third-order valence-electron chi connectivity index (χ3n) is 3.30. The number of hydrogen-bond donors (Lipinski definition) is 1. The topological polar surface area (TPSA) is 21.3 Å². The van der Waals surface area contributed by atoms with E-state index in [2.05, 4.69) is 36.5 Å². The van der Waals surface area contributed by atoms with Crippen molar-refractivity contribution in [3.05, 3.63) is 35.4 Å². The van der Waals surface area contributed by atoms with Crippen LogP contribution in [0, 0.1) is 6.92 Å². The first-order valence-electron chi connectivity index (χ1n) is 6.72. The van der Waals surface area contributed by atoms with E-state index in [9.17, 15) is 0 Å². The molecule has 1 fully saturated rings. The molecular weight excluding hydrogens is 210 g/mol. The van der Waals surface area contributed by atoms with Gasteiger partial charge in [0.2, 0.25) is 0 Å². The van der Waals surface area contributed by atoms with Crippen LogP contribution in [-0.4, -0.2) is 25.8 Å². The second-order valence-electron chi connectivity index (χ2n) is 4.93. The lowest BCUT2D eigenvalue weighted by Gasteiger charge is -2.10. The van der Waals surface area contributed by atoms with Crippen LogP contribution in [-0.2, 0) is 11.2 Å². The first kappa shape index (κ1) is 12.6. The molecule has 2 heteroatoms. The molecular formula is C15H23NO. The molecule has 17 heavy (non-hydrogen) atoms. The molecule has 1 unspecified atom stereocenters. The molecule has 1 aromatic carbocycles. The Kier molecular flexibility index (Phi) is 5.02. The van der Waals surface area contributed by atoms with Gasteiger partial charge in [-0.1, -0.05) is 29.8 Å². The molecule has 0 amide bonds. The van der Waals surface area contributed by atoms with Crippen LogP contribution in [0.3, 0.4) is 0 Å². The summed E-state index contributed by atoms with van der Waals surface area (Å²) in [4.78, 5) is 0. The molecule has 0 radical (unpaired) electrons. The summed E-state index contributed by atoms with van der Waals surface area (Å²) < 4.78 is 5.57. The lowest BCUT2D eigenvalue weighted by molar-refractivity contribution is 0.110. The number of rotatable bonds is 6. The minimum Gasteiger partial charge on any atom is -0.377 e. The fourth-order valence-corrected chi connectivity index (χ4v) is 2.35. The van der Waals surface area contributed by atoms with E-state index in [0.29, 0.717) is 6.10 Å². The van der Waals surface area contributed by atoms with Crippen molar-refractivity contribution >= 4 is 0 Å². The summed E-state index contributed by atoms with van der Waals surface area (Å²) in [6, 6.07) is 8.79. The lowest BCUT2D eigenvalue weighted by Crippen LogP contribution is -2.27. The molecule has 1 N–H and O–H groups in total. The van der Waals surface area contributed by atoms with E-state index in [-0.39, 0.29) is 0 Å². The van der Waals surface area contributed by atoms with Crippen molar-refractivity contribution in [2.45, 2.75) is 38.7 Å². The normalized spacial score (nSPS) is 19.7. The Bertz CT molecular complexity index is 331. The van der Waals surface area contributed by atoms with Crippen molar-refractivity contribution in [3.8, 4) is 0 Å². The average molecular weight is 233 g/mol. The molecule has 1 aliphatic rings. The van der Waals surface area contributed by atoms with Crippen LogP contribution in [0.5, 0.6) is 0 Å². The smallest absolute Gasteiger partial charge is 0.0700 e. The SMILES string of the molecule is Cc1cccc(CCCNCC2CCCO2)c1. The van der Waals surface area contributed by atoms with Crippen LogP contribution in [0.2, 0.25) is 0 Å². The van der Waals surface area contributed by atoms with Gasteiger partial charge >= 0.3 is 0 Å². The van der Waals surface area contributed by atoms with Crippen molar-refractivity contribution in [2.24, 2.45) is 0 Å².